The number of hydrogen-bond donors (Lipinski definition) is 1. The van der Waals surface area contributed by atoms with Crippen LogP contribution in [-0.2, 0) is 0 Å². The number of halogens is 1. The van der Waals surface area contributed by atoms with E-state index in [1.165, 1.54) is 12.1 Å². The Labute approximate surface area is 159 Å². The fourth-order valence-electron chi connectivity index (χ4n) is 3.79. The molecule has 144 valence electrons. The molecule has 0 radical (unpaired) electrons. The van der Waals surface area contributed by atoms with E-state index in [1.807, 2.05) is 19.0 Å². The Hall–Kier alpha value is -2.31. The zero-order chi connectivity index (χ0) is 19.4. The van der Waals surface area contributed by atoms with Gasteiger partial charge in [0, 0.05) is 38.0 Å². The van der Waals surface area contributed by atoms with Crippen LogP contribution in [-0.4, -0.2) is 66.1 Å². The zero-order valence-electron chi connectivity index (χ0n) is 15.8. The van der Waals surface area contributed by atoms with E-state index in [0.29, 0.717) is 35.8 Å². The number of piperidine rings is 1. The third-order valence-corrected chi connectivity index (χ3v) is 4.92. The Morgan fingerprint density at radius 2 is 2.04 bits per heavy atom. The van der Waals surface area contributed by atoms with Gasteiger partial charge in [0.25, 0.3) is 5.91 Å². The highest BCUT2D eigenvalue weighted by Crippen LogP contribution is 2.24. The molecule has 27 heavy (non-hydrogen) atoms. The molecule has 2 heterocycles. The maximum atomic E-state index is 13.4. The highest BCUT2D eigenvalue weighted by atomic mass is 19.1. The van der Waals surface area contributed by atoms with Crippen LogP contribution in [0.2, 0.25) is 0 Å². The smallest absolute Gasteiger partial charge is 0.255 e. The third kappa shape index (κ3) is 4.90. The van der Waals surface area contributed by atoms with Crippen molar-refractivity contribution in [1.82, 2.24) is 14.8 Å². The summed E-state index contributed by atoms with van der Waals surface area (Å²) >= 11 is 0. The quantitative estimate of drug-likeness (QED) is 0.878. The highest BCUT2D eigenvalue weighted by molar-refractivity contribution is 5.94. The Morgan fingerprint density at radius 1 is 1.26 bits per heavy atom. The summed E-state index contributed by atoms with van der Waals surface area (Å²) in [5.74, 6) is 0.0569. The first-order valence-corrected chi connectivity index (χ1v) is 9.23. The van der Waals surface area contributed by atoms with Gasteiger partial charge in [-0.15, -0.1) is 0 Å². The van der Waals surface area contributed by atoms with Crippen LogP contribution in [0.4, 0.5) is 4.39 Å². The Morgan fingerprint density at radius 3 is 2.67 bits per heavy atom. The minimum atomic E-state index is -0.315. The summed E-state index contributed by atoms with van der Waals surface area (Å²) < 4.78 is 13.4. The lowest BCUT2D eigenvalue weighted by molar-refractivity contribution is 0.0477. The van der Waals surface area contributed by atoms with Crippen molar-refractivity contribution in [2.24, 2.45) is 11.8 Å². The van der Waals surface area contributed by atoms with Crippen LogP contribution >= 0.6 is 0 Å². The molecular weight excluding hydrogens is 345 g/mol. The molecule has 1 aromatic carbocycles. The molecule has 2 atom stereocenters. The van der Waals surface area contributed by atoms with Crippen molar-refractivity contribution in [3.63, 3.8) is 0 Å². The summed E-state index contributed by atoms with van der Waals surface area (Å²) in [5, 5.41) is 9.60. The molecule has 1 fully saturated rings. The standard InChI is InChI=1S/C21H26FN3O2/c1-24(2)11-15-8-16(14-26)13-25(12-15)21(27)18-6-7-20(23-10-18)17-4-3-5-19(22)9-17/h3-7,9-10,15-16,26H,8,11-14H2,1-2H3/t15-,16+/m1/s1. The van der Waals surface area contributed by atoms with Gasteiger partial charge in [-0.05, 0) is 56.6 Å². The number of carbonyl (C=O) groups excluding carboxylic acids is 1. The lowest BCUT2D eigenvalue weighted by Crippen LogP contribution is -2.47. The molecule has 0 saturated carbocycles. The number of nitrogens with zero attached hydrogens (tertiary/aromatic N) is 3. The van der Waals surface area contributed by atoms with Gasteiger partial charge in [0.05, 0.1) is 11.3 Å². The van der Waals surface area contributed by atoms with E-state index < -0.39 is 0 Å². The highest BCUT2D eigenvalue weighted by Gasteiger charge is 2.30. The number of aliphatic hydroxyl groups excluding tert-OH is 1. The van der Waals surface area contributed by atoms with Crippen LogP contribution in [0.1, 0.15) is 16.8 Å². The lowest BCUT2D eigenvalue weighted by atomic mass is 9.89. The molecule has 0 aliphatic carbocycles. The van der Waals surface area contributed by atoms with Gasteiger partial charge >= 0.3 is 0 Å². The molecule has 1 aliphatic heterocycles. The van der Waals surface area contributed by atoms with Crippen molar-refractivity contribution in [2.45, 2.75) is 6.42 Å². The van der Waals surface area contributed by atoms with Crippen LogP contribution in [0.25, 0.3) is 11.3 Å². The molecule has 1 amide bonds. The van der Waals surface area contributed by atoms with Gasteiger partial charge in [-0.1, -0.05) is 12.1 Å². The number of hydrogen-bond acceptors (Lipinski definition) is 4. The van der Waals surface area contributed by atoms with Crippen LogP contribution < -0.4 is 0 Å². The van der Waals surface area contributed by atoms with E-state index >= 15 is 0 Å². The molecule has 1 N–H and O–H groups in total. The van der Waals surface area contributed by atoms with Gasteiger partial charge in [0.15, 0.2) is 0 Å². The van der Waals surface area contributed by atoms with Gasteiger partial charge in [-0.25, -0.2) is 4.39 Å². The summed E-state index contributed by atoms with van der Waals surface area (Å²) in [5.41, 5.74) is 1.82. The molecular formula is C21H26FN3O2. The second kappa shape index (κ2) is 8.59. The predicted octanol–water partition coefficient (Wildman–Crippen LogP) is 2.52. The predicted molar refractivity (Wildman–Crippen MR) is 103 cm³/mol. The number of carbonyl (C=O) groups is 1. The molecule has 2 aromatic rings. The summed E-state index contributed by atoms with van der Waals surface area (Å²) in [4.78, 5) is 21.2. The first kappa shape index (κ1) is 19.5. The Balaban J connectivity index is 1.74. The average Bonchev–Trinajstić information content (AvgIpc) is 2.66. The van der Waals surface area contributed by atoms with Crippen LogP contribution in [0, 0.1) is 17.7 Å². The van der Waals surface area contributed by atoms with Gasteiger partial charge in [-0.3, -0.25) is 9.78 Å². The third-order valence-electron chi connectivity index (χ3n) is 4.92. The summed E-state index contributed by atoms with van der Waals surface area (Å²) in [7, 11) is 4.04. The number of aromatic nitrogens is 1. The zero-order valence-corrected chi connectivity index (χ0v) is 15.8. The number of aliphatic hydroxyl groups is 1. The maximum absolute atomic E-state index is 13.4. The lowest BCUT2D eigenvalue weighted by Gasteiger charge is -2.38. The number of pyridine rings is 1. The second-order valence-corrected chi connectivity index (χ2v) is 7.57. The minimum Gasteiger partial charge on any atom is -0.396 e. The fourth-order valence-corrected chi connectivity index (χ4v) is 3.79. The van der Waals surface area contributed by atoms with Crippen molar-refractivity contribution in [1.29, 1.82) is 0 Å². The average molecular weight is 371 g/mol. The van der Waals surface area contributed by atoms with Crippen molar-refractivity contribution < 1.29 is 14.3 Å². The second-order valence-electron chi connectivity index (χ2n) is 7.57. The maximum Gasteiger partial charge on any atom is 0.255 e. The molecule has 0 spiro atoms. The first-order valence-electron chi connectivity index (χ1n) is 9.23. The minimum absolute atomic E-state index is 0.0739. The SMILES string of the molecule is CN(C)C[C@H]1C[C@H](CO)CN(C(=O)c2ccc(-c3cccc(F)c3)nc2)C1. The van der Waals surface area contributed by atoms with E-state index in [2.05, 4.69) is 9.88 Å². The van der Waals surface area contributed by atoms with E-state index in [9.17, 15) is 14.3 Å². The molecule has 5 nitrogen and oxygen atoms in total. The summed E-state index contributed by atoms with van der Waals surface area (Å²) in [6.45, 7) is 2.21. The van der Waals surface area contributed by atoms with Crippen molar-refractivity contribution in [3.8, 4) is 11.3 Å². The van der Waals surface area contributed by atoms with Crippen molar-refractivity contribution >= 4 is 5.91 Å². The topological polar surface area (TPSA) is 56.7 Å². The van der Waals surface area contributed by atoms with E-state index in [1.54, 1.807) is 30.5 Å². The van der Waals surface area contributed by atoms with Crippen molar-refractivity contribution in [3.05, 3.63) is 54.0 Å². The Bertz CT molecular complexity index is 779. The van der Waals surface area contributed by atoms with Gasteiger partial charge in [-0.2, -0.15) is 0 Å². The molecule has 1 aliphatic rings. The van der Waals surface area contributed by atoms with E-state index in [-0.39, 0.29) is 24.2 Å². The fraction of sp³-hybridized carbons (Fsp3) is 0.429. The first-order chi connectivity index (χ1) is 13.0. The van der Waals surface area contributed by atoms with Crippen LogP contribution in [0.3, 0.4) is 0 Å². The number of benzene rings is 1. The number of amides is 1. The van der Waals surface area contributed by atoms with Gasteiger partial charge in [0.2, 0.25) is 0 Å². The molecule has 0 bridgehead atoms. The largest absolute Gasteiger partial charge is 0.396 e. The van der Waals surface area contributed by atoms with E-state index in [0.717, 1.165) is 13.0 Å². The number of likely N-dealkylation sites (tertiary alicyclic amines) is 1. The monoisotopic (exact) mass is 371 g/mol. The van der Waals surface area contributed by atoms with Gasteiger partial charge in [0.1, 0.15) is 5.82 Å². The van der Waals surface area contributed by atoms with Crippen LogP contribution in [0.15, 0.2) is 42.6 Å². The summed E-state index contributed by atoms with van der Waals surface area (Å²) in [6.07, 6.45) is 2.47. The molecule has 3 rings (SSSR count). The van der Waals surface area contributed by atoms with Gasteiger partial charge < -0.3 is 14.9 Å². The molecule has 6 heteroatoms. The van der Waals surface area contributed by atoms with Crippen LogP contribution in [0.5, 0.6) is 0 Å². The summed E-state index contributed by atoms with van der Waals surface area (Å²) in [6, 6.07) is 9.71. The number of rotatable bonds is 5. The molecule has 1 aromatic heterocycles. The molecule has 1 saturated heterocycles. The van der Waals surface area contributed by atoms with Crippen molar-refractivity contribution in [2.75, 3.05) is 40.3 Å². The Kier molecular flexibility index (Phi) is 6.19. The molecule has 0 unspecified atom stereocenters. The normalized spacial score (nSPS) is 20.1. The van der Waals surface area contributed by atoms with E-state index in [4.69, 9.17) is 0 Å².